The zero-order valence-electron chi connectivity index (χ0n) is 11.2. The van der Waals surface area contributed by atoms with Gasteiger partial charge in [-0.2, -0.15) is 0 Å². The number of hydrogen-bond donors (Lipinski definition) is 2. The maximum atomic E-state index is 6.20. The Kier molecular flexibility index (Phi) is 4.73. The summed E-state index contributed by atoms with van der Waals surface area (Å²) >= 11 is 12.2. The van der Waals surface area contributed by atoms with Crippen molar-refractivity contribution in [2.45, 2.75) is 6.42 Å². The maximum absolute atomic E-state index is 6.20. The molecule has 19 heavy (non-hydrogen) atoms. The Morgan fingerprint density at radius 2 is 2.26 bits per heavy atom. The van der Waals surface area contributed by atoms with Gasteiger partial charge < -0.3 is 15.2 Å². The second-order valence-electron chi connectivity index (χ2n) is 5.07. The minimum absolute atomic E-state index is 0.422. The van der Waals surface area contributed by atoms with Gasteiger partial charge in [0, 0.05) is 20.1 Å². The molecule has 0 aliphatic carbocycles. The molecular weight excluding hydrogens is 285 g/mol. The fraction of sp³-hybridized carbons (Fsp3) is 0.583. The number of nitrogens with zero attached hydrogens (tertiary/aromatic N) is 3. The van der Waals surface area contributed by atoms with Gasteiger partial charge in [0.1, 0.15) is 5.82 Å². The summed E-state index contributed by atoms with van der Waals surface area (Å²) in [7, 11) is 4.13. The van der Waals surface area contributed by atoms with Crippen molar-refractivity contribution in [3.05, 3.63) is 16.1 Å². The van der Waals surface area contributed by atoms with Crippen molar-refractivity contribution in [2.24, 2.45) is 11.8 Å². The number of nitrogens with one attached hydrogen (secondary N) is 1. The summed E-state index contributed by atoms with van der Waals surface area (Å²) in [5, 5.41) is 0.961. The molecule has 0 spiro atoms. The summed E-state index contributed by atoms with van der Waals surface area (Å²) in [4.78, 5) is 8.76. The number of hydrogen-bond acceptors (Lipinski definition) is 5. The molecule has 1 unspecified atom stereocenters. The van der Waals surface area contributed by atoms with E-state index in [1.165, 1.54) is 6.42 Å². The molecule has 2 heterocycles. The Labute approximate surface area is 123 Å². The van der Waals surface area contributed by atoms with Gasteiger partial charge in [-0.1, -0.05) is 23.2 Å². The molecule has 1 saturated heterocycles. The first-order chi connectivity index (χ1) is 9.01. The monoisotopic (exact) mass is 303 g/mol. The Balaban J connectivity index is 2.12. The normalized spacial score (nSPS) is 19.7. The lowest BCUT2D eigenvalue weighted by Crippen LogP contribution is -2.28. The highest BCUT2D eigenvalue weighted by Gasteiger charge is 2.22. The lowest BCUT2D eigenvalue weighted by Gasteiger charge is -2.23. The number of nitrogens with two attached hydrogens (primary N) is 1. The molecule has 2 rings (SSSR count). The third-order valence-electron chi connectivity index (χ3n) is 3.43. The van der Waals surface area contributed by atoms with Crippen molar-refractivity contribution < 1.29 is 0 Å². The molecule has 0 amide bonds. The van der Waals surface area contributed by atoms with Crippen LogP contribution < -0.4 is 16.2 Å². The van der Waals surface area contributed by atoms with Crippen LogP contribution in [0.25, 0.3) is 0 Å². The van der Waals surface area contributed by atoms with Crippen LogP contribution in [-0.2, 0) is 0 Å². The predicted octanol–water partition coefficient (Wildman–Crippen LogP) is 2.06. The average molecular weight is 304 g/mol. The summed E-state index contributed by atoms with van der Waals surface area (Å²) in [6.07, 6.45) is 1.20. The van der Waals surface area contributed by atoms with Crippen molar-refractivity contribution in [1.29, 1.82) is 0 Å². The van der Waals surface area contributed by atoms with Crippen LogP contribution in [0.3, 0.4) is 0 Å². The molecule has 1 aliphatic rings. The molecule has 1 aliphatic heterocycles. The summed E-state index contributed by atoms with van der Waals surface area (Å²) in [5.74, 6) is 7.17. The van der Waals surface area contributed by atoms with E-state index in [0.717, 1.165) is 19.6 Å². The molecule has 0 radical (unpaired) electrons. The molecule has 1 aromatic rings. The van der Waals surface area contributed by atoms with Crippen LogP contribution in [0, 0.1) is 5.92 Å². The number of rotatable bonds is 4. The lowest BCUT2D eigenvalue weighted by atomic mass is 10.1. The molecule has 1 atom stereocenters. The second-order valence-corrected chi connectivity index (χ2v) is 5.88. The molecule has 1 fully saturated rings. The van der Waals surface area contributed by atoms with Crippen LogP contribution in [0.1, 0.15) is 6.42 Å². The van der Waals surface area contributed by atoms with E-state index in [1.54, 1.807) is 6.07 Å². The standard InChI is InChI=1S/C12H19Cl2N5/c1-18-4-3-8(6-18)7-19(2)12-10(14)5-9(13)11(16-12)17-15/h5,8H,3-4,6-7,15H2,1-2H3,(H,16,17). The van der Waals surface area contributed by atoms with E-state index < -0.39 is 0 Å². The molecule has 106 valence electrons. The zero-order chi connectivity index (χ0) is 14.0. The first kappa shape index (κ1) is 14.7. The van der Waals surface area contributed by atoms with E-state index in [-0.39, 0.29) is 0 Å². The number of halogens is 2. The topological polar surface area (TPSA) is 57.4 Å². The van der Waals surface area contributed by atoms with Crippen LogP contribution in [0.5, 0.6) is 0 Å². The van der Waals surface area contributed by atoms with Gasteiger partial charge in [-0.05, 0) is 32.0 Å². The summed E-state index contributed by atoms with van der Waals surface area (Å²) in [6.45, 7) is 3.18. The van der Waals surface area contributed by atoms with Crippen molar-refractivity contribution in [3.8, 4) is 0 Å². The van der Waals surface area contributed by atoms with Gasteiger partial charge in [0.2, 0.25) is 0 Å². The summed E-state index contributed by atoms with van der Waals surface area (Å²) in [5.41, 5.74) is 2.48. The Morgan fingerprint density at radius 3 is 2.84 bits per heavy atom. The largest absolute Gasteiger partial charge is 0.358 e. The van der Waals surface area contributed by atoms with Gasteiger partial charge in [0.25, 0.3) is 0 Å². The summed E-state index contributed by atoms with van der Waals surface area (Å²) in [6, 6.07) is 1.66. The molecule has 1 aromatic heterocycles. The molecule has 0 saturated carbocycles. The van der Waals surface area contributed by atoms with E-state index in [9.17, 15) is 0 Å². The average Bonchev–Trinajstić information content (AvgIpc) is 2.74. The van der Waals surface area contributed by atoms with E-state index in [2.05, 4.69) is 27.3 Å². The smallest absolute Gasteiger partial charge is 0.161 e. The predicted molar refractivity (Wildman–Crippen MR) is 80.9 cm³/mol. The van der Waals surface area contributed by atoms with Crippen LogP contribution in [0.2, 0.25) is 10.0 Å². The number of anilines is 2. The van der Waals surface area contributed by atoms with Crippen molar-refractivity contribution in [3.63, 3.8) is 0 Å². The van der Waals surface area contributed by atoms with E-state index >= 15 is 0 Å². The number of nitrogen functional groups attached to an aromatic ring is 1. The number of pyridine rings is 1. The Bertz CT molecular complexity index is 454. The van der Waals surface area contributed by atoms with E-state index in [4.69, 9.17) is 29.0 Å². The zero-order valence-corrected chi connectivity index (χ0v) is 12.7. The first-order valence-electron chi connectivity index (χ1n) is 6.23. The third-order valence-corrected chi connectivity index (χ3v) is 4.00. The molecule has 5 nitrogen and oxygen atoms in total. The van der Waals surface area contributed by atoms with Crippen LogP contribution >= 0.6 is 23.2 Å². The first-order valence-corrected chi connectivity index (χ1v) is 6.99. The fourth-order valence-corrected chi connectivity index (χ4v) is 3.03. The molecule has 0 aromatic carbocycles. The molecule has 7 heteroatoms. The maximum Gasteiger partial charge on any atom is 0.161 e. The van der Waals surface area contributed by atoms with Crippen molar-refractivity contribution >= 4 is 34.8 Å². The number of hydrazine groups is 1. The Morgan fingerprint density at radius 1 is 1.53 bits per heavy atom. The highest BCUT2D eigenvalue weighted by molar-refractivity contribution is 6.37. The van der Waals surface area contributed by atoms with Crippen LogP contribution in [-0.4, -0.2) is 43.6 Å². The quantitative estimate of drug-likeness (QED) is 0.659. The van der Waals surface area contributed by atoms with Gasteiger partial charge in [-0.15, -0.1) is 0 Å². The fourth-order valence-electron chi connectivity index (χ4n) is 2.47. The van der Waals surface area contributed by atoms with E-state index in [0.29, 0.717) is 27.6 Å². The van der Waals surface area contributed by atoms with Gasteiger partial charge in [-0.25, -0.2) is 10.8 Å². The third kappa shape index (κ3) is 3.42. The number of likely N-dealkylation sites (tertiary alicyclic amines) is 1. The SMILES string of the molecule is CN1CCC(CN(C)c2nc(NN)c(Cl)cc2Cl)C1. The van der Waals surface area contributed by atoms with Crippen molar-refractivity contribution in [2.75, 3.05) is 44.1 Å². The number of aromatic nitrogens is 1. The second kappa shape index (κ2) is 6.13. The van der Waals surface area contributed by atoms with Gasteiger partial charge in [-0.3, -0.25) is 0 Å². The molecule has 3 N–H and O–H groups in total. The van der Waals surface area contributed by atoms with Gasteiger partial charge in [0.15, 0.2) is 5.82 Å². The summed E-state index contributed by atoms with van der Waals surface area (Å²) < 4.78 is 0. The van der Waals surface area contributed by atoms with Crippen molar-refractivity contribution in [1.82, 2.24) is 9.88 Å². The Hall–Kier alpha value is -0.750. The highest BCUT2D eigenvalue weighted by atomic mass is 35.5. The molecule has 0 bridgehead atoms. The van der Waals surface area contributed by atoms with Gasteiger partial charge in [0.05, 0.1) is 10.0 Å². The molecular formula is C12H19Cl2N5. The van der Waals surface area contributed by atoms with Gasteiger partial charge >= 0.3 is 0 Å². The van der Waals surface area contributed by atoms with Crippen LogP contribution in [0.4, 0.5) is 11.6 Å². The minimum atomic E-state index is 0.422. The lowest BCUT2D eigenvalue weighted by molar-refractivity contribution is 0.395. The van der Waals surface area contributed by atoms with E-state index in [1.807, 2.05) is 7.05 Å². The minimum Gasteiger partial charge on any atom is -0.358 e. The van der Waals surface area contributed by atoms with Crippen LogP contribution in [0.15, 0.2) is 6.07 Å². The highest BCUT2D eigenvalue weighted by Crippen LogP contribution is 2.31.